The van der Waals surface area contributed by atoms with Gasteiger partial charge in [-0.15, -0.1) is 0 Å². The van der Waals surface area contributed by atoms with E-state index in [1.54, 1.807) is 0 Å². The minimum atomic E-state index is -0.892. The molecule has 2 aliphatic heterocycles. The van der Waals surface area contributed by atoms with Gasteiger partial charge in [0.2, 0.25) is 0 Å². The van der Waals surface area contributed by atoms with Crippen LogP contribution < -0.4 is 0 Å². The van der Waals surface area contributed by atoms with Crippen molar-refractivity contribution in [1.82, 2.24) is 0 Å². The lowest BCUT2D eigenvalue weighted by Gasteiger charge is -2.09. The third kappa shape index (κ3) is 3.56. The fraction of sp³-hybridized carbons (Fsp3) is 0.500. The lowest BCUT2D eigenvalue weighted by Crippen LogP contribution is -2.28. The highest BCUT2D eigenvalue weighted by atomic mass is 16.6. The van der Waals surface area contributed by atoms with E-state index in [-0.39, 0.29) is 26.4 Å². The molecule has 0 aromatic rings. The van der Waals surface area contributed by atoms with Crippen molar-refractivity contribution in [2.24, 2.45) is 0 Å². The first-order chi connectivity index (χ1) is 7.61. The molecule has 0 radical (unpaired) electrons. The van der Waals surface area contributed by atoms with E-state index in [9.17, 15) is 19.2 Å². The zero-order chi connectivity index (χ0) is 12.0. The zero-order valence-corrected chi connectivity index (χ0v) is 8.09. The maximum absolute atomic E-state index is 10.1. The molecule has 0 aromatic heterocycles. The predicted molar refractivity (Wildman–Crippen MR) is 43.8 cm³/mol. The number of carbonyl (C=O) groups is 4. The largest absolute Gasteiger partial charge is 0.454 e. The summed E-state index contributed by atoms with van der Waals surface area (Å²) in [5.41, 5.74) is 0. The summed E-state index contributed by atoms with van der Waals surface area (Å²) in [6.45, 7) is 0.740. The molecule has 88 valence electrons. The summed E-state index contributed by atoms with van der Waals surface area (Å²) < 4.78 is 17.1. The molecule has 16 heavy (non-hydrogen) atoms. The van der Waals surface area contributed by atoms with Crippen molar-refractivity contribution < 1.29 is 38.1 Å². The highest BCUT2D eigenvalue weighted by molar-refractivity contribution is 6.30. The molecule has 0 aliphatic carbocycles. The van der Waals surface area contributed by atoms with Crippen molar-refractivity contribution in [3.63, 3.8) is 0 Å². The van der Waals surface area contributed by atoms with Gasteiger partial charge >= 0.3 is 23.9 Å². The monoisotopic (exact) mass is 232 g/mol. The molecule has 8 nitrogen and oxygen atoms in total. The third-order valence-corrected chi connectivity index (χ3v) is 1.43. The minimum absolute atomic E-state index is 0.185. The summed E-state index contributed by atoms with van der Waals surface area (Å²) in [5, 5.41) is 0. The Morgan fingerprint density at radius 2 is 0.688 bits per heavy atom. The van der Waals surface area contributed by atoms with E-state index in [2.05, 4.69) is 18.9 Å². The van der Waals surface area contributed by atoms with Gasteiger partial charge in [-0.2, -0.15) is 0 Å². The molecule has 2 heterocycles. The van der Waals surface area contributed by atoms with Gasteiger partial charge in [-0.25, -0.2) is 19.2 Å². The van der Waals surface area contributed by atoms with Crippen LogP contribution in [0.4, 0.5) is 0 Å². The minimum Gasteiger partial charge on any atom is -0.454 e. The van der Waals surface area contributed by atoms with Gasteiger partial charge in [-0.3, -0.25) is 0 Å². The van der Waals surface area contributed by atoms with Crippen molar-refractivity contribution >= 4 is 23.9 Å². The molecule has 0 N–H and O–H groups in total. The SMILES string of the molecule is O=C1OCCOC1=O.O=C1OCCOC1=O. The summed E-state index contributed by atoms with van der Waals surface area (Å²) in [5.74, 6) is -3.57. The Hall–Kier alpha value is -2.12. The first-order valence-corrected chi connectivity index (χ1v) is 4.29. The van der Waals surface area contributed by atoms with Crippen LogP contribution in [0.3, 0.4) is 0 Å². The Labute approximate surface area is 89.4 Å². The van der Waals surface area contributed by atoms with Crippen LogP contribution in [0.5, 0.6) is 0 Å². The van der Waals surface area contributed by atoms with Crippen molar-refractivity contribution in [2.75, 3.05) is 26.4 Å². The lowest BCUT2D eigenvalue weighted by molar-refractivity contribution is -0.177. The second-order valence-corrected chi connectivity index (χ2v) is 2.54. The molecule has 0 bridgehead atoms. The molecule has 2 aliphatic rings. The molecule has 8 heteroatoms. The Morgan fingerprint density at radius 3 is 0.812 bits per heavy atom. The summed E-state index contributed by atoms with van der Waals surface area (Å²) in [7, 11) is 0. The third-order valence-electron chi connectivity index (χ3n) is 1.43. The first-order valence-electron chi connectivity index (χ1n) is 4.29. The maximum Gasteiger partial charge on any atom is 0.417 e. The summed E-state index contributed by atoms with van der Waals surface area (Å²) in [6, 6.07) is 0. The summed E-state index contributed by atoms with van der Waals surface area (Å²) >= 11 is 0. The van der Waals surface area contributed by atoms with Crippen molar-refractivity contribution in [3.05, 3.63) is 0 Å². The summed E-state index contributed by atoms with van der Waals surface area (Å²) in [6.07, 6.45) is 0. The van der Waals surface area contributed by atoms with Crippen LogP contribution in [0, 0.1) is 0 Å². The topological polar surface area (TPSA) is 105 Å². The molecular weight excluding hydrogens is 224 g/mol. The smallest absolute Gasteiger partial charge is 0.417 e. The molecule has 0 atom stereocenters. The van der Waals surface area contributed by atoms with Crippen LogP contribution in [0.2, 0.25) is 0 Å². The molecule has 0 saturated carbocycles. The standard InChI is InChI=1S/2C4H4O4/c2*5-3-4(6)8-2-1-7-3/h2*1-2H2. The Bertz CT molecular complexity index is 256. The molecule has 0 amide bonds. The van der Waals surface area contributed by atoms with Crippen LogP contribution >= 0.6 is 0 Å². The van der Waals surface area contributed by atoms with Crippen molar-refractivity contribution in [2.45, 2.75) is 0 Å². The first kappa shape index (κ1) is 12.0. The molecule has 0 aromatic carbocycles. The Kier molecular flexibility index (Phi) is 4.25. The Balaban J connectivity index is 0.000000160. The number of hydrogen-bond donors (Lipinski definition) is 0. The second-order valence-electron chi connectivity index (χ2n) is 2.54. The number of carbonyl (C=O) groups excluding carboxylic acids is 4. The number of hydrogen-bond acceptors (Lipinski definition) is 8. The van der Waals surface area contributed by atoms with Gasteiger partial charge in [-0.05, 0) is 0 Å². The van der Waals surface area contributed by atoms with E-state index in [1.807, 2.05) is 0 Å². The van der Waals surface area contributed by atoms with Crippen LogP contribution in [-0.2, 0) is 38.1 Å². The van der Waals surface area contributed by atoms with E-state index in [0.29, 0.717) is 0 Å². The van der Waals surface area contributed by atoms with Crippen molar-refractivity contribution in [3.8, 4) is 0 Å². The Morgan fingerprint density at radius 1 is 0.500 bits per heavy atom. The van der Waals surface area contributed by atoms with Gasteiger partial charge in [0.1, 0.15) is 26.4 Å². The number of rotatable bonds is 0. The zero-order valence-electron chi connectivity index (χ0n) is 8.09. The highest BCUT2D eigenvalue weighted by Gasteiger charge is 2.21. The van der Waals surface area contributed by atoms with Crippen LogP contribution in [-0.4, -0.2) is 50.3 Å². The molecule has 0 unspecified atom stereocenters. The number of cyclic esters (lactones) is 4. The highest BCUT2D eigenvalue weighted by Crippen LogP contribution is 1.91. The van der Waals surface area contributed by atoms with Gasteiger partial charge in [-0.1, -0.05) is 0 Å². The maximum atomic E-state index is 10.1. The van der Waals surface area contributed by atoms with E-state index < -0.39 is 23.9 Å². The van der Waals surface area contributed by atoms with Gasteiger partial charge in [0.25, 0.3) is 0 Å². The fourth-order valence-corrected chi connectivity index (χ4v) is 0.773. The van der Waals surface area contributed by atoms with Gasteiger partial charge in [0.05, 0.1) is 0 Å². The predicted octanol–water partition coefficient (Wildman–Crippen LogP) is -1.83. The molecule has 0 spiro atoms. The average Bonchev–Trinajstić information content (AvgIpc) is 2.28. The quantitative estimate of drug-likeness (QED) is 0.273. The van der Waals surface area contributed by atoms with E-state index in [0.717, 1.165) is 0 Å². The van der Waals surface area contributed by atoms with Gasteiger partial charge < -0.3 is 18.9 Å². The molecule has 2 saturated heterocycles. The van der Waals surface area contributed by atoms with Gasteiger partial charge in [0, 0.05) is 0 Å². The van der Waals surface area contributed by atoms with Crippen molar-refractivity contribution in [1.29, 1.82) is 0 Å². The van der Waals surface area contributed by atoms with E-state index in [4.69, 9.17) is 0 Å². The van der Waals surface area contributed by atoms with E-state index >= 15 is 0 Å². The second kappa shape index (κ2) is 5.69. The lowest BCUT2D eigenvalue weighted by atomic mass is 10.6. The van der Waals surface area contributed by atoms with Crippen LogP contribution in [0.15, 0.2) is 0 Å². The summed E-state index contributed by atoms with van der Waals surface area (Å²) in [4.78, 5) is 40.4. The van der Waals surface area contributed by atoms with Gasteiger partial charge in [0.15, 0.2) is 0 Å². The van der Waals surface area contributed by atoms with Crippen LogP contribution in [0.1, 0.15) is 0 Å². The number of ether oxygens (including phenoxy) is 4. The molecular formula is C8H8O8. The number of esters is 4. The molecule has 2 fully saturated rings. The molecule has 2 rings (SSSR count). The average molecular weight is 232 g/mol. The fourth-order valence-electron chi connectivity index (χ4n) is 0.773. The normalized spacial score (nSPS) is 19.5. The van der Waals surface area contributed by atoms with Crippen LogP contribution in [0.25, 0.3) is 0 Å². The van der Waals surface area contributed by atoms with E-state index in [1.165, 1.54) is 0 Å².